The number of benzene rings is 1. The minimum atomic E-state index is 0.0616. The summed E-state index contributed by atoms with van der Waals surface area (Å²) >= 11 is 5.99. The van der Waals surface area contributed by atoms with E-state index in [4.69, 9.17) is 16.3 Å². The number of amides is 1. The number of carbonyl (C=O) groups is 1. The molecule has 3 rings (SSSR count). The molecule has 2 atom stereocenters. The third kappa shape index (κ3) is 4.96. The molecule has 0 unspecified atom stereocenters. The summed E-state index contributed by atoms with van der Waals surface area (Å²) in [6, 6.07) is 7.70. The van der Waals surface area contributed by atoms with Crippen LogP contribution in [-0.2, 0) is 22.6 Å². The van der Waals surface area contributed by atoms with Crippen LogP contribution in [0.3, 0.4) is 0 Å². The molecule has 25 heavy (non-hydrogen) atoms. The van der Waals surface area contributed by atoms with Gasteiger partial charge in [-0.15, -0.1) is 0 Å². The number of hydrogen-bond donors (Lipinski definition) is 1. The van der Waals surface area contributed by atoms with Gasteiger partial charge in [-0.25, -0.2) is 0 Å². The molecule has 6 nitrogen and oxygen atoms in total. The summed E-state index contributed by atoms with van der Waals surface area (Å²) in [5.74, 6) is 0.0616. The fourth-order valence-corrected chi connectivity index (χ4v) is 3.23. The Bertz CT molecular complexity index is 723. The minimum Gasteiger partial charge on any atom is -0.378 e. The van der Waals surface area contributed by atoms with Crippen molar-refractivity contribution in [1.82, 2.24) is 14.7 Å². The first kappa shape index (κ1) is 17.8. The van der Waals surface area contributed by atoms with Gasteiger partial charge >= 0.3 is 0 Å². The van der Waals surface area contributed by atoms with Gasteiger partial charge in [0.1, 0.15) is 6.54 Å². The van der Waals surface area contributed by atoms with E-state index in [1.54, 1.807) is 10.9 Å². The second kappa shape index (κ2) is 7.89. The fourth-order valence-electron chi connectivity index (χ4n) is 3.01. The summed E-state index contributed by atoms with van der Waals surface area (Å²) in [7, 11) is 0. The molecule has 1 amide bonds. The van der Waals surface area contributed by atoms with Crippen molar-refractivity contribution in [2.75, 3.05) is 18.4 Å². The van der Waals surface area contributed by atoms with Gasteiger partial charge in [-0.3, -0.25) is 9.48 Å². The number of halogens is 1. The zero-order valence-corrected chi connectivity index (χ0v) is 15.2. The van der Waals surface area contributed by atoms with Crippen molar-refractivity contribution in [2.45, 2.75) is 39.1 Å². The highest BCUT2D eigenvalue weighted by molar-refractivity contribution is 6.30. The van der Waals surface area contributed by atoms with Gasteiger partial charge in [0.2, 0.25) is 5.91 Å². The molecule has 2 aromatic rings. The Kier molecular flexibility index (Phi) is 5.60. The lowest BCUT2D eigenvalue weighted by Crippen LogP contribution is -2.49. The van der Waals surface area contributed by atoms with Crippen LogP contribution in [0.4, 0.5) is 5.69 Å². The summed E-state index contributed by atoms with van der Waals surface area (Å²) in [6.45, 7) is 6.12. The average molecular weight is 363 g/mol. The summed E-state index contributed by atoms with van der Waals surface area (Å²) in [5.41, 5.74) is 1.96. The molecular weight excluding hydrogens is 340 g/mol. The van der Waals surface area contributed by atoms with Gasteiger partial charge in [0.15, 0.2) is 0 Å². The molecule has 0 aliphatic carbocycles. The summed E-state index contributed by atoms with van der Waals surface area (Å²) in [4.78, 5) is 14.3. The first-order valence-corrected chi connectivity index (χ1v) is 8.81. The topological polar surface area (TPSA) is 59.4 Å². The van der Waals surface area contributed by atoms with Crippen molar-refractivity contribution in [3.8, 4) is 0 Å². The van der Waals surface area contributed by atoms with E-state index >= 15 is 0 Å². The number of anilines is 1. The number of ether oxygens (including phenoxy) is 1. The summed E-state index contributed by atoms with van der Waals surface area (Å²) in [6.07, 6.45) is 3.71. The van der Waals surface area contributed by atoms with Gasteiger partial charge in [-0.1, -0.05) is 23.7 Å². The van der Waals surface area contributed by atoms with Crippen LogP contribution in [0.25, 0.3) is 0 Å². The molecule has 1 aromatic heterocycles. The second-order valence-corrected chi connectivity index (χ2v) is 6.90. The van der Waals surface area contributed by atoms with Crippen LogP contribution in [0, 0.1) is 0 Å². The average Bonchev–Trinajstić information content (AvgIpc) is 2.99. The van der Waals surface area contributed by atoms with Crippen LogP contribution >= 0.6 is 11.6 Å². The Morgan fingerprint density at radius 1 is 1.36 bits per heavy atom. The van der Waals surface area contributed by atoms with E-state index in [-0.39, 0.29) is 24.7 Å². The molecule has 2 heterocycles. The van der Waals surface area contributed by atoms with Gasteiger partial charge in [0, 0.05) is 30.9 Å². The Morgan fingerprint density at radius 3 is 2.84 bits per heavy atom. The smallest absolute Gasteiger partial charge is 0.244 e. The van der Waals surface area contributed by atoms with Crippen molar-refractivity contribution in [1.29, 1.82) is 0 Å². The molecule has 7 heteroatoms. The molecule has 0 bridgehead atoms. The van der Waals surface area contributed by atoms with E-state index < -0.39 is 0 Å². The van der Waals surface area contributed by atoms with Crippen molar-refractivity contribution in [3.63, 3.8) is 0 Å². The van der Waals surface area contributed by atoms with Crippen LogP contribution in [0.1, 0.15) is 19.4 Å². The van der Waals surface area contributed by atoms with E-state index in [2.05, 4.69) is 10.4 Å². The number of aromatic nitrogens is 2. The first-order chi connectivity index (χ1) is 12.0. The van der Waals surface area contributed by atoms with Gasteiger partial charge < -0.3 is 15.0 Å². The largest absolute Gasteiger partial charge is 0.378 e. The molecule has 0 spiro atoms. The lowest BCUT2D eigenvalue weighted by molar-refractivity contribution is -0.144. The molecular formula is C18H23ClN4O2. The SMILES string of the molecule is C[C@@H]1CN(C(=O)Cn2cc(NCc3cccc(Cl)c3)cn2)C[C@@H](C)O1. The Hall–Kier alpha value is -2.05. The third-order valence-corrected chi connectivity index (χ3v) is 4.32. The lowest BCUT2D eigenvalue weighted by Gasteiger charge is -2.35. The van der Waals surface area contributed by atoms with Crippen molar-refractivity contribution >= 4 is 23.2 Å². The van der Waals surface area contributed by atoms with E-state index in [0.717, 1.165) is 16.3 Å². The second-order valence-electron chi connectivity index (χ2n) is 6.47. The lowest BCUT2D eigenvalue weighted by atomic mass is 10.2. The molecule has 0 saturated carbocycles. The Balaban J connectivity index is 1.53. The van der Waals surface area contributed by atoms with Crippen LogP contribution in [0.15, 0.2) is 36.7 Å². The van der Waals surface area contributed by atoms with Crippen LogP contribution < -0.4 is 5.32 Å². The highest BCUT2D eigenvalue weighted by atomic mass is 35.5. The Morgan fingerprint density at radius 2 is 2.12 bits per heavy atom. The summed E-state index contributed by atoms with van der Waals surface area (Å²) < 4.78 is 7.33. The van der Waals surface area contributed by atoms with Gasteiger partial charge in [0.05, 0.1) is 24.1 Å². The van der Waals surface area contributed by atoms with E-state index in [9.17, 15) is 4.79 Å². The molecule has 1 N–H and O–H groups in total. The highest BCUT2D eigenvalue weighted by Gasteiger charge is 2.25. The molecule has 1 aliphatic rings. The van der Waals surface area contributed by atoms with Gasteiger partial charge in [-0.2, -0.15) is 5.10 Å². The standard InChI is InChI=1S/C18H23ClN4O2/c1-13-9-22(10-14(2)25-13)18(24)12-23-11-17(8-21-23)20-7-15-4-3-5-16(19)6-15/h3-6,8,11,13-14,20H,7,9-10,12H2,1-2H3/t13-,14-/m1/s1. The number of nitrogens with one attached hydrogen (secondary N) is 1. The Labute approximate surface area is 152 Å². The first-order valence-electron chi connectivity index (χ1n) is 8.43. The number of rotatable bonds is 5. The molecule has 1 aliphatic heterocycles. The maximum absolute atomic E-state index is 12.5. The minimum absolute atomic E-state index is 0.0616. The zero-order valence-electron chi connectivity index (χ0n) is 14.5. The van der Waals surface area contributed by atoms with Crippen LogP contribution in [0.5, 0.6) is 0 Å². The maximum atomic E-state index is 12.5. The number of carbonyl (C=O) groups excluding carboxylic acids is 1. The summed E-state index contributed by atoms with van der Waals surface area (Å²) in [5, 5.41) is 8.27. The van der Waals surface area contributed by atoms with Crippen LogP contribution in [-0.4, -0.2) is 45.9 Å². The monoisotopic (exact) mass is 362 g/mol. The molecule has 0 radical (unpaired) electrons. The third-order valence-electron chi connectivity index (χ3n) is 4.09. The molecule has 1 saturated heterocycles. The molecule has 1 aromatic carbocycles. The number of nitrogens with zero attached hydrogens (tertiary/aromatic N) is 3. The number of hydrogen-bond acceptors (Lipinski definition) is 4. The normalized spacial score (nSPS) is 20.5. The van der Waals surface area contributed by atoms with Gasteiger partial charge in [-0.05, 0) is 31.5 Å². The molecule has 1 fully saturated rings. The maximum Gasteiger partial charge on any atom is 0.244 e. The van der Waals surface area contributed by atoms with Crippen molar-refractivity contribution < 1.29 is 9.53 Å². The zero-order chi connectivity index (χ0) is 17.8. The van der Waals surface area contributed by atoms with E-state index in [0.29, 0.717) is 19.6 Å². The van der Waals surface area contributed by atoms with E-state index in [1.807, 2.05) is 49.2 Å². The molecule has 134 valence electrons. The number of morpholine rings is 1. The van der Waals surface area contributed by atoms with Gasteiger partial charge in [0.25, 0.3) is 0 Å². The predicted molar refractivity (Wildman–Crippen MR) is 97.6 cm³/mol. The van der Waals surface area contributed by atoms with E-state index in [1.165, 1.54) is 0 Å². The highest BCUT2D eigenvalue weighted by Crippen LogP contribution is 2.14. The quantitative estimate of drug-likeness (QED) is 0.888. The van der Waals surface area contributed by atoms with Crippen molar-refractivity contribution in [3.05, 3.63) is 47.2 Å². The van der Waals surface area contributed by atoms with Crippen molar-refractivity contribution in [2.24, 2.45) is 0 Å². The fraction of sp³-hybridized carbons (Fsp3) is 0.444. The predicted octanol–water partition coefficient (Wildman–Crippen LogP) is 2.78. The van der Waals surface area contributed by atoms with Crippen LogP contribution in [0.2, 0.25) is 5.02 Å².